The van der Waals surface area contributed by atoms with Crippen LogP contribution in [0.4, 0.5) is 0 Å². The molecule has 0 saturated heterocycles. The van der Waals surface area contributed by atoms with Gasteiger partial charge in [-0.1, -0.05) is 49.4 Å². The zero-order chi connectivity index (χ0) is 14.7. The van der Waals surface area contributed by atoms with Gasteiger partial charge in [0, 0.05) is 24.9 Å². The molecule has 1 N–H and O–H groups in total. The van der Waals surface area contributed by atoms with Crippen LogP contribution in [0.2, 0.25) is 0 Å². The third-order valence-corrected chi connectivity index (χ3v) is 3.72. The maximum Gasteiger partial charge on any atom is 0.116 e. The van der Waals surface area contributed by atoms with Gasteiger partial charge < -0.3 is 9.67 Å². The van der Waals surface area contributed by atoms with Crippen molar-refractivity contribution in [3.63, 3.8) is 0 Å². The first-order chi connectivity index (χ1) is 10.2. The Morgan fingerprint density at radius 2 is 1.76 bits per heavy atom. The van der Waals surface area contributed by atoms with Crippen molar-refractivity contribution in [2.75, 3.05) is 0 Å². The fourth-order valence-electron chi connectivity index (χ4n) is 2.52. The molecular weight excluding hydrogens is 260 g/mol. The predicted octanol–water partition coefficient (Wildman–Crippen LogP) is 3.79. The number of hydrogen-bond donors (Lipinski definition) is 1. The van der Waals surface area contributed by atoms with Gasteiger partial charge in [-0.3, -0.25) is 0 Å². The molecule has 0 saturated carbocycles. The normalized spacial score (nSPS) is 12.2. The van der Waals surface area contributed by atoms with Gasteiger partial charge >= 0.3 is 0 Å². The van der Waals surface area contributed by atoms with Crippen molar-refractivity contribution >= 4 is 0 Å². The summed E-state index contributed by atoms with van der Waals surface area (Å²) < 4.78 is 2.16. The quantitative estimate of drug-likeness (QED) is 0.788. The van der Waals surface area contributed by atoms with Crippen LogP contribution in [0.25, 0.3) is 0 Å². The first-order valence-electron chi connectivity index (χ1n) is 7.08. The van der Waals surface area contributed by atoms with Gasteiger partial charge in [-0.25, -0.2) is 4.98 Å². The number of imidazole rings is 1. The highest BCUT2D eigenvalue weighted by Gasteiger charge is 2.14. The Balaban J connectivity index is 1.85. The van der Waals surface area contributed by atoms with Crippen molar-refractivity contribution in [1.29, 1.82) is 0 Å². The lowest BCUT2D eigenvalue weighted by Crippen LogP contribution is -2.08. The average Bonchev–Trinajstić information content (AvgIpc) is 2.98. The molecule has 2 aromatic carbocycles. The molecule has 0 bridgehead atoms. The van der Waals surface area contributed by atoms with Crippen LogP contribution >= 0.6 is 0 Å². The molecule has 0 aliphatic carbocycles. The van der Waals surface area contributed by atoms with Gasteiger partial charge in [0.05, 0.1) is 0 Å². The van der Waals surface area contributed by atoms with Crippen LogP contribution in [-0.2, 0) is 6.54 Å². The van der Waals surface area contributed by atoms with Crippen molar-refractivity contribution < 1.29 is 5.11 Å². The lowest BCUT2D eigenvalue weighted by molar-refractivity contribution is 0.475. The van der Waals surface area contributed by atoms with Gasteiger partial charge in [-0.2, -0.15) is 0 Å². The van der Waals surface area contributed by atoms with E-state index >= 15 is 0 Å². The monoisotopic (exact) mass is 278 g/mol. The topological polar surface area (TPSA) is 38.0 Å². The molecule has 3 nitrogen and oxygen atoms in total. The molecule has 3 aromatic rings. The molecule has 3 rings (SSSR count). The number of nitrogens with zero attached hydrogens (tertiary/aromatic N) is 2. The molecule has 106 valence electrons. The number of hydrogen-bond acceptors (Lipinski definition) is 2. The Morgan fingerprint density at radius 3 is 2.48 bits per heavy atom. The first-order valence-corrected chi connectivity index (χ1v) is 7.08. The van der Waals surface area contributed by atoms with Gasteiger partial charge in [-0.15, -0.1) is 0 Å². The number of rotatable bonds is 4. The van der Waals surface area contributed by atoms with E-state index in [0.29, 0.717) is 5.75 Å². The third kappa shape index (κ3) is 2.97. The Hall–Kier alpha value is -2.55. The summed E-state index contributed by atoms with van der Waals surface area (Å²) in [5.74, 6) is 1.59. The van der Waals surface area contributed by atoms with Crippen molar-refractivity contribution in [3.8, 4) is 5.75 Å². The predicted molar refractivity (Wildman–Crippen MR) is 83.4 cm³/mol. The highest BCUT2D eigenvalue weighted by atomic mass is 16.3. The summed E-state index contributed by atoms with van der Waals surface area (Å²) in [7, 11) is 0. The summed E-state index contributed by atoms with van der Waals surface area (Å²) in [6, 6.07) is 17.7. The van der Waals surface area contributed by atoms with E-state index < -0.39 is 0 Å². The molecule has 3 heteroatoms. The summed E-state index contributed by atoms with van der Waals surface area (Å²) in [5.41, 5.74) is 2.41. The lowest BCUT2D eigenvalue weighted by Gasteiger charge is -2.14. The van der Waals surface area contributed by atoms with Gasteiger partial charge in [0.2, 0.25) is 0 Å². The summed E-state index contributed by atoms with van der Waals surface area (Å²) in [6.45, 7) is 2.93. The van der Waals surface area contributed by atoms with Crippen LogP contribution in [0.3, 0.4) is 0 Å². The van der Waals surface area contributed by atoms with Crippen molar-refractivity contribution in [3.05, 3.63) is 83.9 Å². The molecular formula is C18H18N2O. The third-order valence-electron chi connectivity index (χ3n) is 3.72. The SMILES string of the molecule is C[C@@H](c1ccccc1)c1nccn1Cc1ccc(O)cc1. The standard InChI is InChI=1S/C18H18N2O/c1-14(16-5-3-2-4-6-16)18-19-11-12-20(18)13-15-7-9-17(21)10-8-15/h2-12,14,21H,13H2,1H3/t14-/m0/s1. The van der Waals surface area contributed by atoms with Crippen LogP contribution in [0, 0.1) is 0 Å². The minimum atomic E-state index is 0.248. The summed E-state index contributed by atoms with van der Waals surface area (Å²) in [5, 5.41) is 9.36. The molecule has 1 atom stereocenters. The van der Waals surface area contributed by atoms with E-state index in [2.05, 4.69) is 40.7 Å². The summed E-state index contributed by atoms with van der Waals surface area (Å²) >= 11 is 0. The van der Waals surface area contributed by atoms with E-state index in [1.165, 1.54) is 5.56 Å². The molecule has 0 unspecified atom stereocenters. The number of benzene rings is 2. The van der Waals surface area contributed by atoms with E-state index in [0.717, 1.165) is 17.9 Å². The summed E-state index contributed by atoms with van der Waals surface area (Å²) in [6.07, 6.45) is 3.84. The fourth-order valence-corrected chi connectivity index (χ4v) is 2.52. The Labute approximate surface area is 124 Å². The molecule has 0 aliphatic rings. The van der Waals surface area contributed by atoms with E-state index in [-0.39, 0.29) is 5.92 Å². The maximum atomic E-state index is 9.36. The smallest absolute Gasteiger partial charge is 0.116 e. The minimum Gasteiger partial charge on any atom is -0.508 e. The molecule has 0 fully saturated rings. The second-order valence-electron chi connectivity index (χ2n) is 5.21. The highest BCUT2D eigenvalue weighted by molar-refractivity contribution is 5.28. The zero-order valence-corrected chi connectivity index (χ0v) is 12.0. The molecule has 1 heterocycles. The van der Waals surface area contributed by atoms with Gasteiger partial charge in [0.15, 0.2) is 0 Å². The van der Waals surface area contributed by atoms with Gasteiger partial charge in [0.25, 0.3) is 0 Å². The molecule has 0 aliphatic heterocycles. The second kappa shape index (κ2) is 5.83. The number of phenolic OH excluding ortho intramolecular Hbond substituents is 1. The highest BCUT2D eigenvalue weighted by Crippen LogP contribution is 2.23. The Kier molecular flexibility index (Phi) is 3.73. The number of aromatic nitrogens is 2. The fraction of sp³-hybridized carbons (Fsp3) is 0.167. The molecule has 0 amide bonds. The van der Waals surface area contributed by atoms with E-state index in [1.807, 2.05) is 30.6 Å². The largest absolute Gasteiger partial charge is 0.508 e. The average molecular weight is 278 g/mol. The van der Waals surface area contributed by atoms with Gasteiger partial charge in [0.1, 0.15) is 11.6 Å². The minimum absolute atomic E-state index is 0.248. The first kappa shape index (κ1) is 13.4. The lowest BCUT2D eigenvalue weighted by atomic mass is 10.0. The molecule has 1 aromatic heterocycles. The van der Waals surface area contributed by atoms with Crippen LogP contribution < -0.4 is 0 Å². The van der Waals surface area contributed by atoms with E-state index in [4.69, 9.17) is 0 Å². The molecule has 0 radical (unpaired) electrons. The second-order valence-corrected chi connectivity index (χ2v) is 5.21. The Bertz CT molecular complexity index is 702. The van der Waals surface area contributed by atoms with Crippen molar-refractivity contribution in [2.24, 2.45) is 0 Å². The van der Waals surface area contributed by atoms with Crippen LogP contribution in [0.1, 0.15) is 29.8 Å². The number of phenols is 1. The Morgan fingerprint density at radius 1 is 1.05 bits per heavy atom. The van der Waals surface area contributed by atoms with Crippen molar-refractivity contribution in [1.82, 2.24) is 9.55 Å². The van der Waals surface area contributed by atoms with E-state index in [9.17, 15) is 5.11 Å². The zero-order valence-electron chi connectivity index (χ0n) is 12.0. The number of aromatic hydroxyl groups is 1. The van der Waals surface area contributed by atoms with Crippen LogP contribution in [-0.4, -0.2) is 14.7 Å². The maximum absolute atomic E-state index is 9.36. The van der Waals surface area contributed by atoms with Crippen molar-refractivity contribution in [2.45, 2.75) is 19.4 Å². The summed E-state index contributed by atoms with van der Waals surface area (Å²) in [4.78, 5) is 4.52. The molecule has 0 spiro atoms. The molecule has 21 heavy (non-hydrogen) atoms. The van der Waals surface area contributed by atoms with Crippen LogP contribution in [0.15, 0.2) is 67.0 Å². The van der Waals surface area contributed by atoms with Crippen LogP contribution in [0.5, 0.6) is 5.75 Å². The van der Waals surface area contributed by atoms with Gasteiger partial charge in [-0.05, 0) is 23.3 Å². The van der Waals surface area contributed by atoms with E-state index in [1.54, 1.807) is 12.1 Å².